The van der Waals surface area contributed by atoms with Crippen molar-refractivity contribution in [3.63, 3.8) is 0 Å². The van der Waals surface area contributed by atoms with Crippen molar-refractivity contribution in [2.45, 2.75) is 6.92 Å². The number of benzene rings is 2. The van der Waals surface area contributed by atoms with E-state index < -0.39 is 0 Å². The monoisotopic (exact) mass is 227 g/mol. The molecule has 0 unspecified atom stereocenters. The second-order valence-corrected chi connectivity index (χ2v) is 3.85. The Kier molecular flexibility index (Phi) is 3.10. The summed E-state index contributed by atoms with van der Waals surface area (Å²) >= 11 is 0. The van der Waals surface area contributed by atoms with Crippen LogP contribution in [-0.2, 0) is 0 Å². The number of phenolic OH excluding ortho intramolecular Hbond substituents is 1. The first-order chi connectivity index (χ1) is 8.16. The van der Waals surface area contributed by atoms with E-state index >= 15 is 0 Å². The highest BCUT2D eigenvalue weighted by atomic mass is 16.5. The maximum absolute atomic E-state index is 11.8. The van der Waals surface area contributed by atoms with Gasteiger partial charge in [0, 0.05) is 11.6 Å². The molecule has 2 aromatic carbocycles. The lowest BCUT2D eigenvalue weighted by atomic mass is 10.2. The van der Waals surface area contributed by atoms with Crippen LogP contribution in [-0.4, -0.2) is 16.1 Å². The minimum absolute atomic E-state index is 0.0224. The predicted octanol–water partition coefficient (Wildman–Crippen LogP) is 2.96. The molecule has 0 aromatic heterocycles. The van der Waals surface area contributed by atoms with Gasteiger partial charge in [-0.3, -0.25) is 0 Å². The third-order valence-electron chi connectivity index (χ3n) is 2.46. The minimum atomic E-state index is -0.0224. The molecule has 0 aliphatic heterocycles. The summed E-state index contributed by atoms with van der Waals surface area (Å²) in [4.78, 5) is 0. The zero-order chi connectivity index (χ0) is 12.3. The number of aryl methyl sites for hydroxylation is 1. The van der Waals surface area contributed by atoms with Gasteiger partial charge in [0.15, 0.2) is 12.0 Å². The SMILES string of the molecule is Cc1ccc(C=[N+]([O-])c2ccccc2O)cc1. The fourth-order valence-electron chi connectivity index (χ4n) is 1.51. The fourth-order valence-corrected chi connectivity index (χ4v) is 1.51. The molecule has 1 N–H and O–H groups in total. The molecule has 0 atom stereocenters. The Balaban J connectivity index is 2.34. The summed E-state index contributed by atoms with van der Waals surface area (Å²) in [7, 11) is 0. The maximum Gasteiger partial charge on any atom is 0.258 e. The molecule has 0 heterocycles. The first kappa shape index (κ1) is 11.2. The summed E-state index contributed by atoms with van der Waals surface area (Å²) < 4.78 is 0.667. The van der Waals surface area contributed by atoms with Crippen LogP contribution in [0, 0.1) is 12.1 Å². The van der Waals surface area contributed by atoms with E-state index in [2.05, 4.69) is 0 Å². The molecule has 3 heteroatoms. The number of hydrogen-bond acceptors (Lipinski definition) is 2. The smallest absolute Gasteiger partial charge is 0.258 e. The Hall–Kier alpha value is -2.29. The van der Waals surface area contributed by atoms with Crippen LogP contribution >= 0.6 is 0 Å². The van der Waals surface area contributed by atoms with Crippen LogP contribution < -0.4 is 0 Å². The standard InChI is InChI=1S/C14H13NO2/c1-11-6-8-12(9-7-11)10-15(17)13-4-2-3-5-14(13)16/h2-10,16H,1H3. The first-order valence-corrected chi connectivity index (χ1v) is 5.33. The molecule has 17 heavy (non-hydrogen) atoms. The van der Waals surface area contributed by atoms with E-state index in [1.165, 1.54) is 12.3 Å². The molecule has 86 valence electrons. The molecule has 3 nitrogen and oxygen atoms in total. The van der Waals surface area contributed by atoms with Gasteiger partial charge in [-0.1, -0.05) is 29.8 Å². The van der Waals surface area contributed by atoms with Crippen LogP contribution in [0.2, 0.25) is 0 Å². The highest BCUT2D eigenvalue weighted by molar-refractivity contribution is 5.77. The van der Waals surface area contributed by atoms with E-state index in [1.807, 2.05) is 31.2 Å². The molecule has 0 radical (unpaired) electrons. The highest BCUT2D eigenvalue weighted by Crippen LogP contribution is 2.23. The molecule has 2 aromatic rings. The van der Waals surface area contributed by atoms with E-state index in [1.54, 1.807) is 18.2 Å². The maximum atomic E-state index is 11.8. The van der Waals surface area contributed by atoms with Crippen molar-refractivity contribution in [2.75, 3.05) is 0 Å². The van der Waals surface area contributed by atoms with Gasteiger partial charge >= 0.3 is 0 Å². The molecule has 0 bridgehead atoms. The Morgan fingerprint density at radius 2 is 1.71 bits per heavy atom. The number of para-hydroxylation sites is 2. The van der Waals surface area contributed by atoms with E-state index in [9.17, 15) is 10.3 Å². The second-order valence-electron chi connectivity index (χ2n) is 3.85. The molecular weight excluding hydrogens is 214 g/mol. The van der Waals surface area contributed by atoms with Crippen molar-refractivity contribution < 1.29 is 9.85 Å². The molecule has 0 fully saturated rings. The quantitative estimate of drug-likeness (QED) is 0.371. The van der Waals surface area contributed by atoms with Crippen LogP contribution in [0.25, 0.3) is 0 Å². The third-order valence-corrected chi connectivity index (χ3v) is 2.46. The van der Waals surface area contributed by atoms with Crippen molar-refractivity contribution >= 4 is 11.9 Å². The van der Waals surface area contributed by atoms with Crippen molar-refractivity contribution in [3.05, 3.63) is 64.9 Å². The van der Waals surface area contributed by atoms with Gasteiger partial charge in [0.05, 0.1) is 0 Å². The molecule has 0 aliphatic carbocycles. The summed E-state index contributed by atoms with van der Waals surface area (Å²) in [6.45, 7) is 1.99. The van der Waals surface area contributed by atoms with Gasteiger partial charge in [-0.2, -0.15) is 4.74 Å². The van der Waals surface area contributed by atoms with E-state index in [4.69, 9.17) is 0 Å². The van der Waals surface area contributed by atoms with Crippen LogP contribution in [0.5, 0.6) is 5.75 Å². The normalized spacial score (nSPS) is 11.5. The number of rotatable bonds is 2. The molecule has 0 spiro atoms. The average molecular weight is 227 g/mol. The molecule has 0 aliphatic rings. The van der Waals surface area contributed by atoms with Crippen molar-refractivity contribution in [1.29, 1.82) is 0 Å². The lowest BCUT2D eigenvalue weighted by Gasteiger charge is -2.04. The van der Waals surface area contributed by atoms with E-state index in [-0.39, 0.29) is 11.4 Å². The van der Waals surface area contributed by atoms with Crippen molar-refractivity contribution in [1.82, 2.24) is 0 Å². The van der Waals surface area contributed by atoms with Gasteiger partial charge in [0.25, 0.3) is 5.69 Å². The van der Waals surface area contributed by atoms with Crippen LogP contribution in [0.3, 0.4) is 0 Å². The van der Waals surface area contributed by atoms with Crippen molar-refractivity contribution in [2.24, 2.45) is 0 Å². The zero-order valence-electron chi connectivity index (χ0n) is 9.50. The molecule has 2 rings (SSSR count). The van der Waals surface area contributed by atoms with Crippen LogP contribution in [0.15, 0.2) is 48.5 Å². The number of aromatic hydroxyl groups is 1. The highest BCUT2D eigenvalue weighted by Gasteiger charge is 2.07. The molecular formula is C14H13NO2. The van der Waals surface area contributed by atoms with E-state index in [0.29, 0.717) is 4.74 Å². The Morgan fingerprint density at radius 3 is 2.35 bits per heavy atom. The van der Waals surface area contributed by atoms with Gasteiger partial charge in [0.1, 0.15) is 0 Å². The molecule has 0 saturated heterocycles. The molecule has 0 saturated carbocycles. The van der Waals surface area contributed by atoms with Gasteiger partial charge in [0.2, 0.25) is 0 Å². The summed E-state index contributed by atoms with van der Waals surface area (Å²) in [5.74, 6) is -0.0224. The largest absolute Gasteiger partial charge is 0.618 e. The zero-order valence-corrected chi connectivity index (χ0v) is 9.50. The third kappa shape index (κ3) is 2.64. The van der Waals surface area contributed by atoms with E-state index in [0.717, 1.165) is 11.1 Å². The molecule has 0 amide bonds. The summed E-state index contributed by atoms with van der Waals surface area (Å²) in [5.41, 5.74) is 2.18. The lowest BCUT2D eigenvalue weighted by Crippen LogP contribution is -1.98. The minimum Gasteiger partial charge on any atom is -0.618 e. The summed E-state index contributed by atoms with van der Waals surface area (Å²) in [6, 6.07) is 14.0. The van der Waals surface area contributed by atoms with Gasteiger partial charge < -0.3 is 10.3 Å². The fraction of sp³-hybridized carbons (Fsp3) is 0.0714. The lowest BCUT2D eigenvalue weighted by molar-refractivity contribution is -0.355. The summed E-state index contributed by atoms with van der Waals surface area (Å²) in [6.07, 6.45) is 1.44. The predicted molar refractivity (Wildman–Crippen MR) is 67.7 cm³/mol. The van der Waals surface area contributed by atoms with Gasteiger partial charge in [-0.15, -0.1) is 0 Å². The second kappa shape index (κ2) is 4.70. The topological polar surface area (TPSA) is 46.3 Å². The van der Waals surface area contributed by atoms with Crippen molar-refractivity contribution in [3.8, 4) is 5.75 Å². The van der Waals surface area contributed by atoms with Gasteiger partial charge in [-0.25, -0.2) is 0 Å². The van der Waals surface area contributed by atoms with Crippen LogP contribution in [0.1, 0.15) is 11.1 Å². The van der Waals surface area contributed by atoms with Crippen LogP contribution in [0.4, 0.5) is 5.69 Å². The summed E-state index contributed by atoms with van der Waals surface area (Å²) in [5, 5.41) is 21.4. The van der Waals surface area contributed by atoms with Gasteiger partial charge in [-0.05, 0) is 25.1 Å². The number of phenols is 1. The average Bonchev–Trinajstić information content (AvgIpc) is 2.32. The Bertz CT molecular complexity index is 544. The Labute approximate surface area is 99.9 Å². The Morgan fingerprint density at radius 1 is 1.06 bits per heavy atom. The number of hydrogen-bond donors (Lipinski definition) is 1. The first-order valence-electron chi connectivity index (χ1n) is 5.33. The number of nitrogens with zero attached hydrogens (tertiary/aromatic N) is 1.